The topological polar surface area (TPSA) is 110 Å². The Morgan fingerprint density at radius 2 is 2.16 bits per heavy atom. The monoisotopic (exact) mass is 330 g/mol. The van der Waals surface area contributed by atoms with Gasteiger partial charge in [-0.2, -0.15) is 0 Å². The summed E-state index contributed by atoms with van der Waals surface area (Å²) in [6.07, 6.45) is 0.216. The second kappa shape index (κ2) is 6.28. The second-order valence-electron chi connectivity index (χ2n) is 3.67. The average Bonchev–Trinajstić information content (AvgIpc) is 2.35. The van der Waals surface area contributed by atoms with E-state index in [2.05, 4.69) is 21.2 Å². The summed E-state index contributed by atoms with van der Waals surface area (Å²) >= 11 is 2.98. The SMILES string of the molecule is CC[C@H](NC(=O)c1cccc([N+](=O)[O-])c1Br)C(=O)O. The minimum absolute atomic E-state index is 0.0221. The van der Waals surface area contributed by atoms with Gasteiger partial charge >= 0.3 is 5.97 Å². The van der Waals surface area contributed by atoms with Crippen molar-refractivity contribution in [3.05, 3.63) is 38.3 Å². The number of halogens is 1. The highest BCUT2D eigenvalue weighted by Crippen LogP contribution is 2.28. The molecule has 2 N–H and O–H groups in total. The minimum atomic E-state index is -1.16. The number of rotatable bonds is 5. The molecule has 1 aromatic rings. The Bertz CT molecular complexity index is 532. The maximum absolute atomic E-state index is 11.9. The molecule has 0 aliphatic carbocycles. The van der Waals surface area contributed by atoms with Crippen LogP contribution in [-0.4, -0.2) is 27.9 Å². The molecule has 102 valence electrons. The lowest BCUT2D eigenvalue weighted by atomic mass is 10.1. The summed E-state index contributed by atoms with van der Waals surface area (Å²) in [5.41, 5.74) is -0.232. The van der Waals surface area contributed by atoms with Crippen molar-refractivity contribution in [2.75, 3.05) is 0 Å². The number of nitro groups is 1. The normalized spacial score (nSPS) is 11.7. The number of nitro benzene ring substituents is 1. The molecule has 0 aromatic heterocycles. The fourth-order valence-electron chi connectivity index (χ4n) is 1.41. The quantitative estimate of drug-likeness (QED) is 0.633. The Balaban J connectivity index is 3.04. The van der Waals surface area contributed by atoms with E-state index in [9.17, 15) is 19.7 Å². The van der Waals surface area contributed by atoms with Gasteiger partial charge in [0.25, 0.3) is 11.6 Å². The van der Waals surface area contributed by atoms with Crippen molar-refractivity contribution in [3.8, 4) is 0 Å². The van der Waals surface area contributed by atoms with E-state index in [1.165, 1.54) is 18.2 Å². The van der Waals surface area contributed by atoms with Gasteiger partial charge in [0.15, 0.2) is 0 Å². The molecule has 1 atom stereocenters. The van der Waals surface area contributed by atoms with Crippen LogP contribution in [0.5, 0.6) is 0 Å². The van der Waals surface area contributed by atoms with Gasteiger partial charge in [0.05, 0.1) is 10.5 Å². The van der Waals surface area contributed by atoms with Crippen LogP contribution in [0.2, 0.25) is 0 Å². The smallest absolute Gasteiger partial charge is 0.326 e. The third-order valence-electron chi connectivity index (χ3n) is 2.43. The van der Waals surface area contributed by atoms with Crippen LogP contribution in [0.15, 0.2) is 22.7 Å². The number of nitrogens with zero attached hydrogens (tertiary/aromatic N) is 1. The Hall–Kier alpha value is -1.96. The van der Waals surface area contributed by atoms with Gasteiger partial charge in [0.2, 0.25) is 0 Å². The van der Waals surface area contributed by atoms with Gasteiger partial charge in [-0.25, -0.2) is 4.79 Å². The molecule has 1 amide bonds. The predicted molar refractivity (Wildman–Crippen MR) is 70.0 cm³/mol. The van der Waals surface area contributed by atoms with Crippen LogP contribution in [0.4, 0.5) is 5.69 Å². The summed E-state index contributed by atoms with van der Waals surface area (Å²) in [6, 6.07) is 2.95. The molecule has 1 aromatic carbocycles. The van der Waals surface area contributed by atoms with Crippen LogP contribution in [0.3, 0.4) is 0 Å². The molecule has 0 aliphatic heterocycles. The van der Waals surface area contributed by atoms with Gasteiger partial charge < -0.3 is 10.4 Å². The van der Waals surface area contributed by atoms with E-state index >= 15 is 0 Å². The summed E-state index contributed by atoms with van der Waals surface area (Å²) < 4.78 is 0.0257. The lowest BCUT2D eigenvalue weighted by Gasteiger charge is -2.12. The number of nitrogens with one attached hydrogen (secondary N) is 1. The standard InChI is InChI=1S/C11H11BrN2O5/c1-2-7(11(16)17)13-10(15)6-4-3-5-8(9(6)12)14(18)19/h3-5,7H,2H2,1H3,(H,13,15)(H,16,17)/t7-/m0/s1. The first kappa shape index (κ1) is 15.1. The molecule has 0 heterocycles. The zero-order valence-electron chi connectivity index (χ0n) is 9.92. The van der Waals surface area contributed by atoms with Gasteiger partial charge in [-0.1, -0.05) is 13.0 Å². The molecular weight excluding hydrogens is 320 g/mol. The first-order valence-corrected chi connectivity index (χ1v) is 6.14. The maximum atomic E-state index is 11.9. The largest absolute Gasteiger partial charge is 0.480 e. The molecule has 0 saturated heterocycles. The highest BCUT2D eigenvalue weighted by atomic mass is 79.9. The molecule has 0 aliphatic rings. The Morgan fingerprint density at radius 1 is 1.53 bits per heavy atom. The zero-order chi connectivity index (χ0) is 14.6. The second-order valence-corrected chi connectivity index (χ2v) is 4.46. The number of carboxylic acids is 1. The molecule has 1 rings (SSSR count). The molecule has 0 fully saturated rings. The minimum Gasteiger partial charge on any atom is -0.480 e. The summed E-state index contributed by atoms with van der Waals surface area (Å²) in [7, 11) is 0. The number of amides is 1. The van der Waals surface area contributed by atoms with Crippen LogP contribution in [0, 0.1) is 10.1 Å². The molecule has 8 heteroatoms. The summed E-state index contributed by atoms with van der Waals surface area (Å²) in [5, 5.41) is 21.9. The third kappa shape index (κ3) is 3.50. The Morgan fingerprint density at radius 3 is 2.63 bits per heavy atom. The fourth-order valence-corrected chi connectivity index (χ4v) is 2.00. The molecule has 0 spiro atoms. The van der Waals surface area contributed by atoms with E-state index in [4.69, 9.17) is 5.11 Å². The number of carbonyl (C=O) groups excluding carboxylic acids is 1. The summed E-state index contributed by atoms with van der Waals surface area (Å²) in [6.45, 7) is 1.61. The van der Waals surface area contributed by atoms with Crippen LogP contribution >= 0.6 is 15.9 Å². The third-order valence-corrected chi connectivity index (χ3v) is 3.26. The van der Waals surface area contributed by atoms with Gasteiger partial charge in [0, 0.05) is 6.07 Å². The van der Waals surface area contributed by atoms with Crippen molar-refractivity contribution in [2.45, 2.75) is 19.4 Å². The van der Waals surface area contributed by atoms with Crippen molar-refractivity contribution >= 4 is 33.5 Å². The zero-order valence-corrected chi connectivity index (χ0v) is 11.5. The van der Waals surface area contributed by atoms with E-state index in [1.54, 1.807) is 6.92 Å². The Labute approximate surface area is 116 Å². The molecule has 19 heavy (non-hydrogen) atoms. The molecule has 0 radical (unpaired) electrons. The van der Waals surface area contributed by atoms with E-state index in [0.29, 0.717) is 0 Å². The lowest BCUT2D eigenvalue weighted by Crippen LogP contribution is -2.40. The van der Waals surface area contributed by atoms with Crippen molar-refractivity contribution in [3.63, 3.8) is 0 Å². The van der Waals surface area contributed by atoms with Crippen molar-refractivity contribution in [1.82, 2.24) is 5.32 Å². The highest BCUT2D eigenvalue weighted by molar-refractivity contribution is 9.10. The molecule has 0 saturated carbocycles. The molecular formula is C11H11BrN2O5. The van der Waals surface area contributed by atoms with E-state index in [-0.39, 0.29) is 22.1 Å². The number of aliphatic carboxylic acids is 1. The van der Waals surface area contributed by atoms with Crippen LogP contribution in [-0.2, 0) is 4.79 Å². The predicted octanol–water partition coefficient (Wildman–Crippen LogP) is 1.95. The number of carbonyl (C=O) groups is 2. The average molecular weight is 331 g/mol. The van der Waals surface area contributed by atoms with Crippen LogP contribution in [0.25, 0.3) is 0 Å². The van der Waals surface area contributed by atoms with E-state index in [1.807, 2.05) is 0 Å². The highest BCUT2D eigenvalue weighted by Gasteiger charge is 2.23. The number of hydrogen-bond acceptors (Lipinski definition) is 4. The van der Waals surface area contributed by atoms with Crippen molar-refractivity contribution in [2.24, 2.45) is 0 Å². The van der Waals surface area contributed by atoms with Gasteiger partial charge in [-0.3, -0.25) is 14.9 Å². The first-order chi connectivity index (χ1) is 8.88. The number of carboxylic acid groups (broad SMARTS) is 1. The molecule has 0 bridgehead atoms. The lowest BCUT2D eigenvalue weighted by molar-refractivity contribution is -0.385. The van der Waals surface area contributed by atoms with Crippen molar-refractivity contribution < 1.29 is 19.6 Å². The Kier molecular flexibility index (Phi) is 4.99. The van der Waals surface area contributed by atoms with Crippen LogP contribution in [0.1, 0.15) is 23.7 Å². The maximum Gasteiger partial charge on any atom is 0.326 e. The molecule has 0 unspecified atom stereocenters. The molecule has 7 nitrogen and oxygen atoms in total. The van der Waals surface area contributed by atoms with Gasteiger partial charge in [0.1, 0.15) is 10.5 Å². The van der Waals surface area contributed by atoms with E-state index < -0.39 is 22.8 Å². The fraction of sp³-hybridized carbons (Fsp3) is 0.273. The number of benzene rings is 1. The first-order valence-electron chi connectivity index (χ1n) is 5.35. The summed E-state index contributed by atoms with van der Waals surface area (Å²) in [5.74, 6) is -1.83. The van der Waals surface area contributed by atoms with Crippen molar-refractivity contribution in [1.29, 1.82) is 0 Å². The number of hydrogen-bond donors (Lipinski definition) is 2. The van der Waals surface area contributed by atoms with Gasteiger partial charge in [-0.15, -0.1) is 0 Å². The van der Waals surface area contributed by atoms with Crippen LogP contribution < -0.4 is 5.32 Å². The summed E-state index contributed by atoms with van der Waals surface area (Å²) in [4.78, 5) is 32.8. The van der Waals surface area contributed by atoms with Gasteiger partial charge in [-0.05, 0) is 28.4 Å². The van der Waals surface area contributed by atoms with E-state index in [0.717, 1.165) is 0 Å².